The minimum Gasteiger partial charge on any atom is -0.450 e. The van der Waals surface area contributed by atoms with Crippen molar-refractivity contribution in [1.82, 2.24) is 0 Å². The van der Waals surface area contributed by atoms with Gasteiger partial charge in [0, 0.05) is 35.5 Å². The van der Waals surface area contributed by atoms with Crippen molar-refractivity contribution in [3.8, 4) is 0 Å². The van der Waals surface area contributed by atoms with Gasteiger partial charge in [0.1, 0.15) is 5.67 Å². The lowest BCUT2D eigenvalue weighted by atomic mass is 9.42. The number of allylic oxidation sites excluding steroid dienone is 1. The molecule has 0 heterocycles. The van der Waals surface area contributed by atoms with Crippen LogP contribution in [-0.2, 0) is 19.1 Å². The van der Waals surface area contributed by atoms with Crippen molar-refractivity contribution in [2.75, 3.05) is 5.33 Å². The first-order chi connectivity index (χ1) is 15.8. The molecule has 0 radical (unpaired) electrons. The van der Waals surface area contributed by atoms with E-state index in [1.165, 1.54) is 0 Å². The molecule has 3 unspecified atom stereocenters. The average Bonchev–Trinajstić information content (AvgIpc) is 2.99. The number of hydrogen-bond acceptors (Lipinski definition) is 5. The molecular formula is C27H38BrFO5. The molecule has 3 fully saturated rings. The number of carbonyl (C=O) groups excluding carboxylic acids is 3. The van der Waals surface area contributed by atoms with E-state index < -0.39 is 40.1 Å². The molecule has 4 aliphatic carbocycles. The summed E-state index contributed by atoms with van der Waals surface area (Å²) in [6.45, 7) is 9.64. The van der Waals surface area contributed by atoms with Gasteiger partial charge in [0.15, 0.2) is 17.2 Å². The fourth-order valence-electron chi connectivity index (χ4n) is 8.69. The highest BCUT2D eigenvalue weighted by molar-refractivity contribution is 9.09. The summed E-state index contributed by atoms with van der Waals surface area (Å²) < 4.78 is 23.6. The zero-order valence-corrected chi connectivity index (χ0v) is 22.5. The van der Waals surface area contributed by atoms with E-state index in [0.717, 1.165) is 5.57 Å². The number of rotatable bonds is 5. The topological polar surface area (TPSA) is 80.7 Å². The first-order valence-electron chi connectivity index (χ1n) is 12.8. The first-order valence-corrected chi connectivity index (χ1v) is 13.9. The lowest BCUT2D eigenvalue weighted by Gasteiger charge is -2.64. The second-order valence-corrected chi connectivity index (χ2v) is 12.4. The lowest BCUT2D eigenvalue weighted by molar-refractivity contribution is -0.237. The van der Waals surface area contributed by atoms with Crippen molar-refractivity contribution in [3.05, 3.63) is 11.6 Å². The highest BCUT2D eigenvalue weighted by atomic mass is 79.9. The van der Waals surface area contributed by atoms with E-state index in [4.69, 9.17) is 4.74 Å². The van der Waals surface area contributed by atoms with Crippen LogP contribution in [0, 0.1) is 34.5 Å². The molecule has 0 aromatic heterocycles. The third-order valence-corrected chi connectivity index (χ3v) is 10.7. The Labute approximate surface area is 210 Å². The van der Waals surface area contributed by atoms with Crippen molar-refractivity contribution < 1.29 is 28.6 Å². The van der Waals surface area contributed by atoms with Gasteiger partial charge in [-0.1, -0.05) is 56.1 Å². The van der Waals surface area contributed by atoms with Crippen LogP contribution in [0.3, 0.4) is 0 Å². The van der Waals surface area contributed by atoms with Gasteiger partial charge in [-0.2, -0.15) is 0 Å². The smallest absolute Gasteiger partial charge is 0.306 e. The Balaban J connectivity index is 1.85. The number of hydrogen-bond donors (Lipinski definition) is 1. The molecule has 0 spiro atoms. The van der Waals surface area contributed by atoms with Gasteiger partial charge in [0.25, 0.3) is 0 Å². The number of ketones is 2. The van der Waals surface area contributed by atoms with Crippen LogP contribution in [0.15, 0.2) is 11.6 Å². The number of fused-ring (bicyclic) bond motifs is 5. The van der Waals surface area contributed by atoms with Crippen molar-refractivity contribution in [2.45, 2.75) is 96.9 Å². The van der Waals surface area contributed by atoms with Crippen LogP contribution in [-0.4, -0.2) is 45.3 Å². The minimum absolute atomic E-state index is 0.00232. The fourth-order valence-corrected chi connectivity index (χ4v) is 9.11. The normalized spacial score (nSPS) is 47.8. The largest absolute Gasteiger partial charge is 0.450 e. The number of Topliss-reactive ketones (excluding diaryl/α,β-unsaturated/α-hetero) is 1. The maximum absolute atomic E-state index is 17.5. The Morgan fingerprint density at radius 2 is 1.91 bits per heavy atom. The molecule has 4 aliphatic rings. The van der Waals surface area contributed by atoms with E-state index >= 15 is 4.39 Å². The summed E-state index contributed by atoms with van der Waals surface area (Å²) >= 11 is 3.30. The number of ether oxygens (including phenoxy) is 1. The lowest BCUT2D eigenvalue weighted by Crippen LogP contribution is -2.71. The first kappa shape index (κ1) is 26.0. The van der Waals surface area contributed by atoms with Gasteiger partial charge in [-0.25, -0.2) is 4.39 Å². The fraction of sp³-hybridized carbons (Fsp3) is 0.815. The van der Waals surface area contributed by atoms with Gasteiger partial charge in [-0.3, -0.25) is 14.4 Å². The molecule has 1 N–H and O–H groups in total. The van der Waals surface area contributed by atoms with E-state index in [1.54, 1.807) is 6.08 Å². The summed E-state index contributed by atoms with van der Waals surface area (Å²) in [4.78, 5) is 38.5. The molecule has 34 heavy (non-hydrogen) atoms. The van der Waals surface area contributed by atoms with Crippen LogP contribution in [0.4, 0.5) is 4.39 Å². The molecule has 0 aromatic rings. The monoisotopic (exact) mass is 540 g/mol. The molecular weight excluding hydrogens is 503 g/mol. The second-order valence-electron chi connectivity index (χ2n) is 11.8. The number of esters is 1. The van der Waals surface area contributed by atoms with Crippen LogP contribution in [0.5, 0.6) is 0 Å². The Morgan fingerprint density at radius 3 is 2.53 bits per heavy atom. The molecule has 0 bridgehead atoms. The molecule has 0 amide bonds. The molecule has 7 heteroatoms. The molecule has 4 rings (SSSR count). The summed E-state index contributed by atoms with van der Waals surface area (Å²) in [5.41, 5.74) is -4.32. The van der Waals surface area contributed by atoms with Crippen molar-refractivity contribution in [3.63, 3.8) is 0 Å². The summed E-state index contributed by atoms with van der Waals surface area (Å²) in [6, 6.07) is 0. The number of carbonyl (C=O) groups is 3. The van der Waals surface area contributed by atoms with Crippen LogP contribution < -0.4 is 0 Å². The molecule has 5 nitrogen and oxygen atoms in total. The zero-order chi connectivity index (χ0) is 25.3. The number of alkyl halides is 2. The van der Waals surface area contributed by atoms with Crippen LogP contribution in [0.25, 0.3) is 0 Å². The van der Waals surface area contributed by atoms with E-state index in [0.29, 0.717) is 25.7 Å². The Bertz CT molecular complexity index is 934. The number of aliphatic hydroxyl groups is 1. The maximum atomic E-state index is 17.5. The summed E-state index contributed by atoms with van der Waals surface area (Å²) in [7, 11) is 0. The van der Waals surface area contributed by atoms with E-state index in [2.05, 4.69) is 15.9 Å². The van der Waals surface area contributed by atoms with Crippen LogP contribution in [0.2, 0.25) is 0 Å². The summed E-state index contributed by atoms with van der Waals surface area (Å²) in [5, 5.41) is 11.6. The second kappa shape index (κ2) is 8.50. The van der Waals surface area contributed by atoms with Gasteiger partial charge in [0.05, 0.1) is 11.4 Å². The highest BCUT2D eigenvalue weighted by Gasteiger charge is 2.77. The van der Waals surface area contributed by atoms with E-state index in [1.807, 2.05) is 34.6 Å². The Morgan fingerprint density at radius 1 is 1.24 bits per heavy atom. The third kappa shape index (κ3) is 3.14. The van der Waals surface area contributed by atoms with Gasteiger partial charge in [-0.05, 0) is 50.0 Å². The summed E-state index contributed by atoms with van der Waals surface area (Å²) in [6.07, 6.45) is 2.85. The Kier molecular flexibility index (Phi) is 6.50. The SMILES string of the molecule is CCCC(=O)O[C@]1(C(=O)CBr)C(C)C[C@H]2[C@@H]3CC(C)C4=CC(=O)CC[C@]4(C)[C@@]3(F)C(O)C[C@@]21C. The van der Waals surface area contributed by atoms with Crippen LogP contribution in [0.1, 0.15) is 79.6 Å². The zero-order valence-electron chi connectivity index (χ0n) is 21.0. The Hall–Kier alpha value is -1.08. The average molecular weight is 541 g/mol. The van der Waals surface area contributed by atoms with Crippen molar-refractivity contribution in [2.24, 2.45) is 34.5 Å². The predicted molar refractivity (Wildman–Crippen MR) is 130 cm³/mol. The molecule has 0 aromatic carbocycles. The van der Waals surface area contributed by atoms with Gasteiger partial charge < -0.3 is 9.84 Å². The number of halogens is 2. The molecule has 0 saturated heterocycles. The quantitative estimate of drug-likeness (QED) is 0.386. The van der Waals surface area contributed by atoms with Gasteiger partial charge >= 0.3 is 5.97 Å². The van der Waals surface area contributed by atoms with Crippen molar-refractivity contribution >= 4 is 33.5 Å². The molecule has 9 atom stereocenters. The van der Waals surface area contributed by atoms with E-state index in [-0.39, 0.29) is 53.9 Å². The van der Waals surface area contributed by atoms with Gasteiger partial charge in [-0.15, -0.1) is 0 Å². The third-order valence-electron chi connectivity index (χ3n) is 10.2. The van der Waals surface area contributed by atoms with Crippen LogP contribution >= 0.6 is 15.9 Å². The summed E-state index contributed by atoms with van der Waals surface area (Å²) in [5.74, 6) is -1.64. The molecule has 3 saturated carbocycles. The van der Waals surface area contributed by atoms with Crippen molar-refractivity contribution in [1.29, 1.82) is 0 Å². The van der Waals surface area contributed by atoms with E-state index in [9.17, 15) is 19.5 Å². The maximum Gasteiger partial charge on any atom is 0.306 e. The standard InChI is InChI=1S/C27H38BrFO5/c1-6-7-23(33)34-27(22(32)14-28)16(3)11-19-20-10-15(2)18-12-17(30)8-9-24(18,4)26(20,29)21(31)13-25(19,27)5/h12,15-16,19-21,31H,6-11,13-14H2,1-5H3/t15?,16?,19-,20-,21?,24-,25-,26-,27-/m0/s1. The highest BCUT2D eigenvalue weighted by Crippen LogP contribution is 2.72. The molecule has 190 valence electrons. The molecule has 0 aliphatic heterocycles. The van der Waals surface area contributed by atoms with Gasteiger partial charge in [0.2, 0.25) is 0 Å². The predicted octanol–water partition coefficient (Wildman–Crippen LogP) is 5.12. The minimum atomic E-state index is -1.91. The number of aliphatic hydroxyl groups excluding tert-OH is 1.